The molecule has 144 valence electrons. The van der Waals surface area contributed by atoms with Crippen LogP contribution in [0.25, 0.3) is 0 Å². The Hall–Kier alpha value is -2.54. The molecule has 0 spiro atoms. The minimum absolute atomic E-state index is 0.0360. The van der Waals surface area contributed by atoms with Gasteiger partial charge in [0.25, 0.3) is 0 Å². The van der Waals surface area contributed by atoms with Crippen LogP contribution in [0.1, 0.15) is 36.7 Å². The Morgan fingerprint density at radius 2 is 1.85 bits per heavy atom. The third-order valence-electron chi connectivity index (χ3n) is 4.37. The fraction of sp³-hybridized carbons (Fsp3) is 0.350. The summed E-state index contributed by atoms with van der Waals surface area (Å²) in [6.07, 6.45) is 0.626. The summed E-state index contributed by atoms with van der Waals surface area (Å²) < 4.78 is 40.6. The van der Waals surface area contributed by atoms with Crippen LogP contribution in [0.15, 0.2) is 41.3 Å². The van der Waals surface area contributed by atoms with Crippen LogP contribution in [0, 0.1) is 0 Å². The maximum Gasteiger partial charge on any atom is 0.338 e. The minimum atomic E-state index is -3.27. The van der Waals surface area contributed by atoms with Gasteiger partial charge in [0.1, 0.15) is 22.8 Å². The molecule has 7 heteroatoms. The smallest absolute Gasteiger partial charge is 0.338 e. The number of carbonyl (C=O) groups is 1. The Balaban J connectivity index is 1.97. The van der Waals surface area contributed by atoms with Crippen molar-refractivity contribution in [3.8, 4) is 17.2 Å². The summed E-state index contributed by atoms with van der Waals surface area (Å²) in [6.45, 7) is 5.51. The predicted octanol–water partition coefficient (Wildman–Crippen LogP) is 3.77. The molecule has 0 saturated heterocycles. The molecule has 0 bridgehead atoms. The normalized spacial score (nSPS) is 15.0. The molecular formula is C20H22O6S. The van der Waals surface area contributed by atoms with E-state index in [1.165, 1.54) is 19.2 Å². The van der Waals surface area contributed by atoms with Crippen LogP contribution < -0.4 is 9.47 Å². The van der Waals surface area contributed by atoms with Gasteiger partial charge < -0.3 is 14.2 Å². The van der Waals surface area contributed by atoms with Gasteiger partial charge in [-0.2, -0.15) is 0 Å². The Labute approximate surface area is 159 Å². The van der Waals surface area contributed by atoms with Crippen molar-refractivity contribution in [3.63, 3.8) is 0 Å². The minimum Gasteiger partial charge on any atom is -0.487 e. The third-order valence-corrected chi connectivity index (χ3v) is 6.12. The van der Waals surface area contributed by atoms with Crippen molar-refractivity contribution in [2.24, 2.45) is 0 Å². The lowest BCUT2D eigenvalue weighted by molar-refractivity contribution is 0.0599. The number of sulfone groups is 1. The number of carbonyl (C=O) groups excluding carboxylic acids is 1. The largest absolute Gasteiger partial charge is 0.487 e. The molecule has 2 aromatic carbocycles. The van der Waals surface area contributed by atoms with Crippen molar-refractivity contribution >= 4 is 15.8 Å². The van der Waals surface area contributed by atoms with Crippen LogP contribution in [0.5, 0.6) is 17.2 Å². The van der Waals surface area contributed by atoms with Crippen LogP contribution in [0.3, 0.4) is 0 Å². The molecule has 1 aliphatic heterocycles. The van der Waals surface area contributed by atoms with Crippen LogP contribution in [-0.4, -0.2) is 32.9 Å². The van der Waals surface area contributed by atoms with Crippen molar-refractivity contribution in [2.75, 3.05) is 12.9 Å². The molecule has 0 fully saturated rings. The van der Waals surface area contributed by atoms with Crippen molar-refractivity contribution in [2.45, 2.75) is 37.7 Å². The number of rotatable bonds is 5. The Morgan fingerprint density at radius 1 is 1.19 bits per heavy atom. The van der Waals surface area contributed by atoms with E-state index in [0.717, 1.165) is 5.56 Å². The second kappa shape index (κ2) is 6.88. The monoisotopic (exact) mass is 390 g/mol. The first kappa shape index (κ1) is 19.2. The quantitative estimate of drug-likeness (QED) is 0.723. The molecule has 2 aromatic rings. The van der Waals surface area contributed by atoms with Crippen molar-refractivity contribution in [1.29, 1.82) is 0 Å². The first-order chi connectivity index (χ1) is 12.6. The van der Waals surface area contributed by atoms with Gasteiger partial charge in [0, 0.05) is 12.0 Å². The average Bonchev–Trinajstić information content (AvgIpc) is 2.95. The number of methoxy groups -OCH3 is 1. The molecule has 0 radical (unpaired) electrons. The molecule has 1 aliphatic rings. The SMILES string of the molecule is CCS(=O)(=O)c1ccc(Oc2cc(C(=O)OC)cc3c2CC(C)(C)O3)cc1. The van der Waals surface area contributed by atoms with E-state index in [9.17, 15) is 13.2 Å². The van der Waals surface area contributed by atoms with Crippen LogP contribution >= 0.6 is 0 Å². The molecular weight excluding hydrogens is 368 g/mol. The summed E-state index contributed by atoms with van der Waals surface area (Å²) in [5.74, 6) is 1.10. The summed E-state index contributed by atoms with van der Waals surface area (Å²) >= 11 is 0. The fourth-order valence-electron chi connectivity index (χ4n) is 2.98. The van der Waals surface area contributed by atoms with Gasteiger partial charge in [-0.1, -0.05) is 6.92 Å². The highest BCUT2D eigenvalue weighted by Gasteiger charge is 2.34. The zero-order valence-corrected chi connectivity index (χ0v) is 16.6. The topological polar surface area (TPSA) is 78.9 Å². The summed E-state index contributed by atoms with van der Waals surface area (Å²) in [6, 6.07) is 9.49. The van der Waals surface area contributed by atoms with Crippen molar-refractivity contribution in [3.05, 3.63) is 47.5 Å². The molecule has 6 nitrogen and oxygen atoms in total. The molecule has 0 aliphatic carbocycles. The van der Waals surface area contributed by atoms with E-state index in [0.29, 0.717) is 29.2 Å². The molecule has 1 heterocycles. The van der Waals surface area contributed by atoms with E-state index < -0.39 is 21.4 Å². The summed E-state index contributed by atoms with van der Waals surface area (Å²) in [5, 5.41) is 0. The van der Waals surface area contributed by atoms with Crippen molar-refractivity contribution in [1.82, 2.24) is 0 Å². The second-order valence-corrected chi connectivity index (χ2v) is 9.24. The van der Waals surface area contributed by atoms with Crippen LogP contribution in [-0.2, 0) is 21.0 Å². The van der Waals surface area contributed by atoms with Gasteiger partial charge in [0.15, 0.2) is 9.84 Å². The lowest BCUT2D eigenvalue weighted by Gasteiger charge is -2.16. The van der Waals surface area contributed by atoms with E-state index in [2.05, 4.69) is 0 Å². The standard InChI is InChI=1S/C20H22O6S/c1-5-27(22,23)15-8-6-14(7-9-15)25-17-10-13(19(21)24-4)11-18-16(17)12-20(2,3)26-18/h6-11H,5,12H2,1-4H3. The number of esters is 1. The molecule has 0 unspecified atom stereocenters. The van der Waals surface area contributed by atoms with E-state index in [1.807, 2.05) is 13.8 Å². The number of fused-ring (bicyclic) bond motifs is 1. The Morgan fingerprint density at radius 3 is 2.44 bits per heavy atom. The van der Waals surface area contributed by atoms with Gasteiger partial charge >= 0.3 is 5.97 Å². The average molecular weight is 390 g/mol. The van der Waals surface area contributed by atoms with Gasteiger partial charge in [-0.05, 0) is 50.2 Å². The molecule has 3 rings (SSSR count). The number of hydrogen-bond donors (Lipinski definition) is 0. The maximum absolute atomic E-state index is 12.0. The van der Waals surface area contributed by atoms with E-state index in [4.69, 9.17) is 14.2 Å². The van der Waals surface area contributed by atoms with E-state index in [-0.39, 0.29) is 10.6 Å². The fourth-order valence-corrected chi connectivity index (χ4v) is 3.86. The van der Waals surface area contributed by atoms with E-state index >= 15 is 0 Å². The van der Waals surface area contributed by atoms with E-state index in [1.54, 1.807) is 31.2 Å². The lowest BCUT2D eigenvalue weighted by atomic mass is 10.00. The summed E-state index contributed by atoms with van der Waals surface area (Å²) in [5.41, 5.74) is 0.779. The number of hydrogen-bond acceptors (Lipinski definition) is 6. The highest BCUT2D eigenvalue weighted by molar-refractivity contribution is 7.91. The molecule has 0 atom stereocenters. The lowest BCUT2D eigenvalue weighted by Crippen LogP contribution is -2.24. The third kappa shape index (κ3) is 3.93. The molecule has 0 N–H and O–H groups in total. The van der Waals surface area contributed by atoms with Gasteiger partial charge in [-0.15, -0.1) is 0 Å². The maximum atomic E-state index is 12.0. The Kier molecular flexibility index (Phi) is 4.90. The highest BCUT2D eigenvalue weighted by atomic mass is 32.2. The Bertz CT molecular complexity index is 974. The van der Waals surface area contributed by atoms with Crippen molar-refractivity contribution < 1.29 is 27.4 Å². The van der Waals surface area contributed by atoms with Crippen LogP contribution in [0.4, 0.5) is 0 Å². The van der Waals surface area contributed by atoms with Gasteiger partial charge in [0.2, 0.25) is 0 Å². The number of benzene rings is 2. The zero-order chi connectivity index (χ0) is 19.8. The molecule has 0 saturated carbocycles. The first-order valence-corrected chi connectivity index (χ1v) is 10.3. The molecule has 27 heavy (non-hydrogen) atoms. The number of ether oxygens (including phenoxy) is 3. The zero-order valence-electron chi connectivity index (χ0n) is 15.7. The highest BCUT2D eigenvalue weighted by Crippen LogP contribution is 2.43. The van der Waals surface area contributed by atoms with Crippen LogP contribution in [0.2, 0.25) is 0 Å². The summed E-state index contributed by atoms with van der Waals surface area (Å²) in [4.78, 5) is 12.2. The van der Waals surface area contributed by atoms with Gasteiger partial charge in [-0.25, -0.2) is 13.2 Å². The summed E-state index contributed by atoms with van der Waals surface area (Å²) in [7, 11) is -1.96. The van der Waals surface area contributed by atoms with Gasteiger partial charge in [-0.3, -0.25) is 0 Å². The van der Waals surface area contributed by atoms with Gasteiger partial charge in [0.05, 0.1) is 23.3 Å². The predicted molar refractivity (Wildman–Crippen MR) is 100 cm³/mol. The molecule has 0 amide bonds. The second-order valence-electron chi connectivity index (χ2n) is 6.96. The molecule has 0 aromatic heterocycles. The first-order valence-electron chi connectivity index (χ1n) is 8.60.